The van der Waals surface area contributed by atoms with Crippen molar-refractivity contribution in [1.29, 1.82) is 0 Å². The van der Waals surface area contributed by atoms with Crippen molar-refractivity contribution in [1.82, 2.24) is 10.2 Å². The zero-order chi connectivity index (χ0) is 20.1. The van der Waals surface area contributed by atoms with E-state index in [2.05, 4.69) is 5.32 Å². The summed E-state index contributed by atoms with van der Waals surface area (Å²) in [5, 5.41) is 3.29. The van der Waals surface area contributed by atoms with Crippen LogP contribution in [0.2, 0.25) is 0 Å². The van der Waals surface area contributed by atoms with Crippen molar-refractivity contribution in [2.45, 2.75) is 35.4 Å². The van der Waals surface area contributed by atoms with E-state index in [0.29, 0.717) is 6.54 Å². The highest BCUT2D eigenvalue weighted by atomic mass is 35.5. The van der Waals surface area contributed by atoms with E-state index in [1.165, 1.54) is 14.0 Å². The number of ether oxygens (including phenoxy) is 4. The van der Waals surface area contributed by atoms with Gasteiger partial charge in [-0.1, -0.05) is 0 Å². The van der Waals surface area contributed by atoms with Crippen LogP contribution in [0.15, 0.2) is 11.3 Å². The van der Waals surface area contributed by atoms with E-state index < -0.39 is 40.0 Å². The Balaban J connectivity index is 1.69. The lowest BCUT2D eigenvalue weighted by Gasteiger charge is -2.42. The molecule has 0 aromatic rings. The Morgan fingerprint density at radius 3 is 2.64 bits per heavy atom. The van der Waals surface area contributed by atoms with Crippen molar-refractivity contribution in [3.8, 4) is 0 Å². The number of nitrogens with one attached hydrogen (secondary N) is 1. The van der Waals surface area contributed by atoms with Crippen LogP contribution in [0.5, 0.6) is 0 Å². The molecule has 3 fully saturated rings. The maximum absolute atomic E-state index is 13.6. The molecule has 3 saturated heterocycles. The first-order valence-electron chi connectivity index (χ1n) is 9.04. The zero-order valence-corrected chi connectivity index (χ0v) is 16.1. The van der Waals surface area contributed by atoms with E-state index in [0.717, 1.165) is 0 Å². The molecule has 152 valence electrons. The molecule has 1 spiro atoms. The number of primary amides is 1. The van der Waals surface area contributed by atoms with E-state index in [4.69, 9.17) is 36.3 Å². The average Bonchev–Trinajstić information content (AvgIpc) is 3.05. The molecule has 5 aliphatic rings. The molecular formula is C17H20ClN3O7. The lowest BCUT2D eigenvalue weighted by Crippen LogP contribution is -2.64. The molecule has 5 atom stereocenters. The maximum Gasteiger partial charge on any atom is 0.404 e. The van der Waals surface area contributed by atoms with Crippen molar-refractivity contribution in [3.05, 3.63) is 11.3 Å². The summed E-state index contributed by atoms with van der Waals surface area (Å²) >= 11 is 6.61. The van der Waals surface area contributed by atoms with Gasteiger partial charge in [-0.25, -0.2) is 4.79 Å². The van der Waals surface area contributed by atoms with Gasteiger partial charge in [0.05, 0.1) is 30.9 Å². The molecule has 4 heterocycles. The molecule has 3 N–H and O–H groups in total. The largest absolute Gasteiger partial charge is 0.449 e. The van der Waals surface area contributed by atoms with Crippen LogP contribution in [0.4, 0.5) is 4.79 Å². The third-order valence-corrected chi connectivity index (χ3v) is 6.94. The fraction of sp³-hybridized carbons (Fsp3) is 0.706. The Bertz CT molecular complexity index is 837. The Morgan fingerprint density at radius 1 is 1.36 bits per heavy atom. The Morgan fingerprint density at radius 2 is 2.04 bits per heavy atom. The molecular weight excluding hydrogens is 394 g/mol. The molecule has 0 aromatic heterocycles. The number of Topliss-reactive ketones (excluding diaryl/α,β-unsaturated/α-hetero) is 2. The number of fused-ring (bicyclic) bond motifs is 4. The van der Waals surface area contributed by atoms with Crippen molar-refractivity contribution >= 4 is 29.3 Å². The monoisotopic (exact) mass is 413 g/mol. The number of hydrogen-bond donors (Lipinski definition) is 2. The topological polar surface area (TPSA) is 139 Å². The lowest BCUT2D eigenvalue weighted by molar-refractivity contribution is -0.192. The number of methoxy groups -OCH3 is 1. The molecule has 4 aliphatic heterocycles. The van der Waals surface area contributed by atoms with Crippen molar-refractivity contribution in [2.24, 2.45) is 11.7 Å². The molecule has 0 saturated carbocycles. The standard InChI is InChI=1S/C17H20ClN3O7/c1-15(18)13(23)10-9(12(22)17(15)27-3-4-28-17)7(6-26-14(19)24)16(25-2)11-8(20-11)5-21(10)16/h7-8,11,20H,3-6H2,1-2H3,(H2,19,24)/t7-,8+,11+,15?,16-/m1/s1. The Hall–Kier alpha value is -1.72. The van der Waals surface area contributed by atoms with Crippen molar-refractivity contribution < 1.29 is 33.3 Å². The van der Waals surface area contributed by atoms with E-state index in [1.807, 2.05) is 0 Å². The molecule has 1 aliphatic carbocycles. The molecule has 0 bridgehead atoms. The van der Waals surface area contributed by atoms with Gasteiger partial charge in [-0.2, -0.15) is 0 Å². The van der Waals surface area contributed by atoms with Crippen LogP contribution in [0.1, 0.15) is 6.92 Å². The highest BCUT2D eigenvalue weighted by Gasteiger charge is 2.77. The quantitative estimate of drug-likeness (QED) is 0.434. The minimum Gasteiger partial charge on any atom is -0.449 e. The smallest absolute Gasteiger partial charge is 0.404 e. The maximum atomic E-state index is 13.6. The van der Waals surface area contributed by atoms with Gasteiger partial charge in [-0.15, -0.1) is 11.6 Å². The average molecular weight is 414 g/mol. The van der Waals surface area contributed by atoms with Gasteiger partial charge < -0.3 is 34.9 Å². The molecule has 0 aromatic carbocycles. The first kappa shape index (κ1) is 18.3. The lowest BCUT2D eigenvalue weighted by atomic mass is 9.75. The third-order valence-electron chi connectivity index (χ3n) is 6.52. The number of rotatable bonds is 3. The minimum atomic E-state index is -1.92. The van der Waals surface area contributed by atoms with Crippen LogP contribution in [-0.4, -0.2) is 84.5 Å². The van der Waals surface area contributed by atoms with Crippen LogP contribution in [0, 0.1) is 5.92 Å². The second-order valence-electron chi connectivity index (χ2n) is 7.74. The van der Waals surface area contributed by atoms with E-state index >= 15 is 0 Å². The van der Waals surface area contributed by atoms with Gasteiger partial charge in [0, 0.05) is 25.3 Å². The van der Waals surface area contributed by atoms with Crippen LogP contribution in [0.3, 0.4) is 0 Å². The molecule has 1 amide bonds. The van der Waals surface area contributed by atoms with Crippen molar-refractivity contribution in [2.75, 3.05) is 33.5 Å². The second kappa shape index (κ2) is 5.45. The Labute approximate surface area is 165 Å². The first-order valence-corrected chi connectivity index (χ1v) is 9.42. The number of amides is 1. The summed E-state index contributed by atoms with van der Waals surface area (Å²) in [6.45, 7) is 1.94. The number of allylic oxidation sites excluding steroid dienone is 1. The number of ketones is 2. The molecule has 5 rings (SSSR count). The van der Waals surface area contributed by atoms with Gasteiger partial charge in [0.1, 0.15) is 6.61 Å². The van der Waals surface area contributed by atoms with Crippen LogP contribution in [-0.2, 0) is 28.5 Å². The van der Waals surface area contributed by atoms with Gasteiger partial charge in [0.2, 0.25) is 11.6 Å². The number of carbonyl (C=O) groups is 3. The normalized spacial score (nSPS) is 42.7. The fourth-order valence-electron chi connectivity index (χ4n) is 5.27. The number of carbonyl (C=O) groups excluding carboxylic acids is 3. The first-order chi connectivity index (χ1) is 13.2. The summed E-state index contributed by atoms with van der Waals surface area (Å²) in [5.74, 6) is -3.69. The summed E-state index contributed by atoms with van der Waals surface area (Å²) in [6, 6.07) is -0.0300. The number of hydrogen-bond acceptors (Lipinski definition) is 9. The summed E-state index contributed by atoms with van der Waals surface area (Å²) in [5.41, 5.74) is 4.43. The molecule has 10 nitrogen and oxygen atoms in total. The Kier molecular flexibility index (Phi) is 3.57. The van der Waals surface area contributed by atoms with Gasteiger partial charge >= 0.3 is 6.09 Å². The van der Waals surface area contributed by atoms with Crippen molar-refractivity contribution in [3.63, 3.8) is 0 Å². The minimum absolute atomic E-state index is 0.101. The second-order valence-corrected chi connectivity index (χ2v) is 8.49. The summed E-state index contributed by atoms with van der Waals surface area (Å²) in [6.07, 6.45) is -0.981. The molecule has 28 heavy (non-hydrogen) atoms. The number of nitrogens with zero attached hydrogens (tertiary/aromatic N) is 1. The third kappa shape index (κ3) is 1.85. The number of piperazine rings is 1. The molecule has 0 radical (unpaired) electrons. The fourth-order valence-corrected chi connectivity index (χ4v) is 5.56. The highest BCUT2D eigenvalue weighted by Crippen LogP contribution is 2.59. The molecule has 11 heteroatoms. The number of halogens is 1. The highest BCUT2D eigenvalue weighted by molar-refractivity contribution is 6.43. The SMILES string of the molecule is CO[C@@]12[C@H](COC(N)=O)C3=C(C(=O)C(C)(Cl)C4(OCCO4)C3=O)N1C[C@@H]1N[C@@H]12. The van der Waals surface area contributed by atoms with Gasteiger partial charge in [0.15, 0.2) is 10.6 Å². The van der Waals surface area contributed by atoms with Crippen LogP contribution in [0.25, 0.3) is 0 Å². The summed E-state index contributed by atoms with van der Waals surface area (Å²) in [7, 11) is 1.50. The van der Waals surface area contributed by atoms with Gasteiger partial charge in [-0.05, 0) is 6.92 Å². The summed E-state index contributed by atoms with van der Waals surface area (Å²) < 4.78 is 22.2. The number of nitrogens with two attached hydrogens (primary N) is 1. The van der Waals surface area contributed by atoms with E-state index in [1.54, 1.807) is 4.90 Å². The van der Waals surface area contributed by atoms with Gasteiger partial charge in [-0.3, -0.25) is 9.59 Å². The predicted octanol–water partition coefficient (Wildman–Crippen LogP) is -1.14. The number of alkyl halides is 1. The van der Waals surface area contributed by atoms with E-state index in [9.17, 15) is 14.4 Å². The van der Waals surface area contributed by atoms with Gasteiger partial charge in [0.25, 0.3) is 5.79 Å². The van der Waals surface area contributed by atoms with Crippen LogP contribution >= 0.6 is 11.6 Å². The summed E-state index contributed by atoms with van der Waals surface area (Å²) in [4.78, 5) is 38.4. The molecule has 1 unspecified atom stereocenters. The zero-order valence-electron chi connectivity index (χ0n) is 15.3. The van der Waals surface area contributed by atoms with Crippen LogP contribution < -0.4 is 11.1 Å². The predicted molar refractivity (Wildman–Crippen MR) is 92.1 cm³/mol. The van der Waals surface area contributed by atoms with E-state index in [-0.39, 0.29) is 43.2 Å².